The van der Waals surface area contributed by atoms with Crippen molar-refractivity contribution in [3.05, 3.63) is 34.6 Å². The van der Waals surface area contributed by atoms with Gasteiger partial charge < -0.3 is 5.73 Å². The van der Waals surface area contributed by atoms with E-state index in [0.717, 1.165) is 38.2 Å². The molecule has 0 bridgehead atoms. The van der Waals surface area contributed by atoms with Gasteiger partial charge >= 0.3 is 0 Å². The lowest BCUT2D eigenvalue weighted by Crippen LogP contribution is -2.34. The first-order valence-electron chi connectivity index (χ1n) is 8.40. The number of carbonyl (C=O) groups is 1. The fraction of sp³-hybridized carbons (Fsp3) is 0.611. The molecule has 0 spiro atoms. The van der Waals surface area contributed by atoms with Crippen molar-refractivity contribution in [1.29, 1.82) is 0 Å². The number of hydrogen-bond donors (Lipinski definition) is 1. The summed E-state index contributed by atoms with van der Waals surface area (Å²) in [6.45, 7) is 2.07. The van der Waals surface area contributed by atoms with E-state index >= 15 is 0 Å². The minimum absolute atomic E-state index is 0.153. The molecule has 2 aliphatic rings. The van der Waals surface area contributed by atoms with Crippen molar-refractivity contribution >= 4 is 5.78 Å². The van der Waals surface area contributed by atoms with E-state index in [2.05, 4.69) is 6.92 Å². The minimum Gasteiger partial charge on any atom is -0.327 e. The maximum atomic E-state index is 13.9. The molecule has 0 saturated heterocycles. The lowest BCUT2D eigenvalue weighted by atomic mass is 9.72. The summed E-state index contributed by atoms with van der Waals surface area (Å²) in [7, 11) is 0. The van der Waals surface area contributed by atoms with Gasteiger partial charge in [-0.2, -0.15) is 0 Å². The van der Waals surface area contributed by atoms with Crippen molar-refractivity contribution < 1.29 is 18.0 Å². The van der Waals surface area contributed by atoms with Crippen LogP contribution in [0.1, 0.15) is 54.9 Å². The maximum absolute atomic E-state index is 13.9. The van der Waals surface area contributed by atoms with Gasteiger partial charge in [0.25, 0.3) is 0 Å². The first-order valence-corrected chi connectivity index (χ1v) is 8.40. The molecule has 5 heteroatoms. The molecule has 23 heavy (non-hydrogen) atoms. The van der Waals surface area contributed by atoms with Crippen molar-refractivity contribution in [2.45, 2.75) is 51.5 Å². The monoisotopic (exact) mass is 325 g/mol. The van der Waals surface area contributed by atoms with Crippen molar-refractivity contribution in [1.82, 2.24) is 0 Å². The van der Waals surface area contributed by atoms with Crippen molar-refractivity contribution in [2.24, 2.45) is 23.5 Å². The number of nitrogens with two attached hydrogens (primary N) is 1. The molecule has 1 aromatic carbocycles. The first-order chi connectivity index (χ1) is 10.9. The molecule has 1 aromatic rings. The molecule has 0 heterocycles. The SMILES string of the molecule is CCC(N)C1CCC(C2Cc3cc(F)c(F)c(F)c3C2=O)CC1. The van der Waals surface area contributed by atoms with Gasteiger partial charge in [-0.3, -0.25) is 4.79 Å². The van der Waals surface area contributed by atoms with Crippen LogP contribution >= 0.6 is 0 Å². The Bertz CT molecular complexity index is 623. The van der Waals surface area contributed by atoms with Crippen LogP contribution in [0.15, 0.2) is 6.07 Å². The molecule has 1 saturated carbocycles. The number of hydrogen-bond acceptors (Lipinski definition) is 2. The molecule has 0 aliphatic heterocycles. The Morgan fingerprint density at radius 1 is 1.17 bits per heavy atom. The molecule has 2 unspecified atom stereocenters. The van der Waals surface area contributed by atoms with Gasteiger partial charge in [-0.15, -0.1) is 0 Å². The lowest BCUT2D eigenvalue weighted by Gasteiger charge is -2.34. The summed E-state index contributed by atoms with van der Waals surface area (Å²) < 4.78 is 40.7. The summed E-state index contributed by atoms with van der Waals surface area (Å²) >= 11 is 0. The number of rotatable bonds is 3. The Kier molecular flexibility index (Phi) is 4.50. The molecule has 0 radical (unpaired) electrons. The quantitative estimate of drug-likeness (QED) is 0.854. The summed E-state index contributed by atoms with van der Waals surface area (Å²) in [6, 6.07) is 1.16. The summed E-state index contributed by atoms with van der Waals surface area (Å²) in [5, 5.41) is 0. The van der Waals surface area contributed by atoms with Crippen LogP contribution in [-0.4, -0.2) is 11.8 Å². The molecular formula is C18H22F3NO. The van der Waals surface area contributed by atoms with Gasteiger partial charge in [-0.05, 0) is 62.0 Å². The van der Waals surface area contributed by atoms with Crippen LogP contribution in [0.5, 0.6) is 0 Å². The van der Waals surface area contributed by atoms with Gasteiger partial charge in [0.2, 0.25) is 0 Å². The largest absolute Gasteiger partial charge is 0.327 e. The van der Waals surface area contributed by atoms with Crippen LogP contribution in [0, 0.1) is 35.2 Å². The normalized spacial score (nSPS) is 28.7. The second-order valence-electron chi connectivity index (χ2n) is 6.94. The van der Waals surface area contributed by atoms with E-state index in [4.69, 9.17) is 5.73 Å². The molecule has 126 valence electrons. The van der Waals surface area contributed by atoms with E-state index in [0.29, 0.717) is 17.9 Å². The number of carbonyl (C=O) groups excluding carboxylic acids is 1. The lowest BCUT2D eigenvalue weighted by molar-refractivity contribution is 0.0843. The topological polar surface area (TPSA) is 43.1 Å². The Hall–Kier alpha value is -1.36. The number of Topliss-reactive ketones (excluding diaryl/α,β-unsaturated/α-hetero) is 1. The molecule has 2 atom stereocenters. The maximum Gasteiger partial charge on any atom is 0.195 e. The van der Waals surface area contributed by atoms with Gasteiger partial charge in [0.15, 0.2) is 23.2 Å². The molecule has 2 N–H and O–H groups in total. The predicted octanol–water partition coefficient (Wildman–Crippen LogP) is 4.00. The average molecular weight is 325 g/mol. The Morgan fingerprint density at radius 2 is 1.83 bits per heavy atom. The third-order valence-electron chi connectivity index (χ3n) is 5.73. The van der Waals surface area contributed by atoms with Crippen LogP contribution in [-0.2, 0) is 6.42 Å². The molecule has 2 aliphatic carbocycles. The van der Waals surface area contributed by atoms with Gasteiger partial charge in [-0.25, -0.2) is 13.2 Å². The fourth-order valence-corrected chi connectivity index (χ4v) is 4.28. The molecule has 0 amide bonds. The minimum atomic E-state index is -1.55. The van der Waals surface area contributed by atoms with Crippen LogP contribution < -0.4 is 5.73 Å². The zero-order valence-corrected chi connectivity index (χ0v) is 13.2. The number of halogens is 3. The third kappa shape index (κ3) is 2.80. The second kappa shape index (κ2) is 6.27. The zero-order chi connectivity index (χ0) is 16.7. The van der Waals surface area contributed by atoms with Crippen LogP contribution in [0.4, 0.5) is 13.2 Å². The highest BCUT2D eigenvalue weighted by Gasteiger charge is 2.41. The van der Waals surface area contributed by atoms with E-state index < -0.39 is 17.5 Å². The molecule has 1 fully saturated rings. The van der Waals surface area contributed by atoms with E-state index in [1.807, 2.05) is 0 Å². The van der Waals surface area contributed by atoms with Crippen molar-refractivity contribution in [3.8, 4) is 0 Å². The van der Waals surface area contributed by atoms with E-state index in [-0.39, 0.29) is 29.2 Å². The van der Waals surface area contributed by atoms with E-state index in [9.17, 15) is 18.0 Å². The molecule has 0 aromatic heterocycles. The fourth-order valence-electron chi connectivity index (χ4n) is 4.28. The standard InChI is InChI=1S/C18H22F3NO/c1-2-14(22)10-5-3-9(4-6-10)12-7-11-8-13(19)16(20)17(21)15(11)18(12)23/h8-10,12,14H,2-7,22H2,1H3. The highest BCUT2D eigenvalue weighted by Crippen LogP contribution is 2.42. The van der Waals surface area contributed by atoms with Gasteiger partial charge in [0, 0.05) is 12.0 Å². The van der Waals surface area contributed by atoms with Crippen molar-refractivity contribution in [3.63, 3.8) is 0 Å². The van der Waals surface area contributed by atoms with Gasteiger partial charge in [-0.1, -0.05) is 6.92 Å². The second-order valence-corrected chi connectivity index (χ2v) is 6.94. The summed E-state index contributed by atoms with van der Waals surface area (Å²) in [6.07, 6.45) is 4.92. The van der Waals surface area contributed by atoms with E-state index in [1.54, 1.807) is 0 Å². The zero-order valence-electron chi connectivity index (χ0n) is 13.2. The Balaban J connectivity index is 1.75. The average Bonchev–Trinajstić information content (AvgIpc) is 2.88. The van der Waals surface area contributed by atoms with Crippen molar-refractivity contribution in [2.75, 3.05) is 0 Å². The van der Waals surface area contributed by atoms with Gasteiger partial charge in [0.05, 0.1) is 5.56 Å². The highest BCUT2D eigenvalue weighted by atomic mass is 19.2. The Labute approximate surface area is 134 Å². The third-order valence-corrected chi connectivity index (χ3v) is 5.73. The predicted molar refractivity (Wildman–Crippen MR) is 81.6 cm³/mol. The van der Waals surface area contributed by atoms with Crippen LogP contribution in [0.3, 0.4) is 0 Å². The number of fused-ring (bicyclic) bond motifs is 1. The number of benzene rings is 1. The van der Waals surface area contributed by atoms with E-state index in [1.165, 1.54) is 0 Å². The first kappa shape index (κ1) is 16.5. The van der Waals surface area contributed by atoms with Gasteiger partial charge in [0.1, 0.15) is 0 Å². The molecule has 2 nitrogen and oxygen atoms in total. The van der Waals surface area contributed by atoms with Crippen LogP contribution in [0.2, 0.25) is 0 Å². The smallest absolute Gasteiger partial charge is 0.195 e. The molecule has 3 rings (SSSR count). The molecular weight excluding hydrogens is 303 g/mol. The highest BCUT2D eigenvalue weighted by molar-refractivity contribution is 6.02. The summed E-state index contributed by atoms with van der Waals surface area (Å²) in [5.41, 5.74) is 6.17. The van der Waals surface area contributed by atoms with Crippen LogP contribution in [0.25, 0.3) is 0 Å². The number of ketones is 1. The summed E-state index contributed by atoms with van der Waals surface area (Å²) in [5.74, 6) is -4.17. The summed E-state index contributed by atoms with van der Waals surface area (Å²) in [4.78, 5) is 12.5. The Morgan fingerprint density at radius 3 is 2.43 bits per heavy atom.